The molecule has 0 aliphatic rings. The molecule has 0 bridgehead atoms. The molecule has 0 radical (unpaired) electrons. The van der Waals surface area contributed by atoms with Gasteiger partial charge in [0, 0.05) is 23.6 Å². The second-order valence-electron chi connectivity index (χ2n) is 9.64. The van der Waals surface area contributed by atoms with Gasteiger partial charge in [-0.1, -0.05) is 87.5 Å². The van der Waals surface area contributed by atoms with E-state index in [1.54, 1.807) is 22.9 Å². The maximum Gasteiger partial charge on any atom is 0.254 e. The van der Waals surface area contributed by atoms with E-state index in [1.807, 2.05) is 45.0 Å². The van der Waals surface area contributed by atoms with Crippen LogP contribution < -0.4 is 5.32 Å². The molecule has 3 aromatic rings. The number of benzene rings is 2. The number of carbonyl (C=O) groups excluding carboxylic acids is 2. The van der Waals surface area contributed by atoms with Crippen molar-refractivity contribution >= 4 is 52.4 Å². The average molecular weight is 550 g/mol. The Balaban J connectivity index is 1.87. The van der Waals surface area contributed by atoms with Crippen LogP contribution in [0.1, 0.15) is 63.0 Å². The summed E-state index contributed by atoms with van der Waals surface area (Å²) >= 11 is 18.6. The molecule has 6 nitrogen and oxygen atoms in total. The van der Waals surface area contributed by atoms with Gasteiger partial charge in [0.15, 0.2) is 0 Å². The number of aromatic nitrogens is 2. The smallest absolute Gasteiger partial charge is 0.254 e. The van der Waals surface area contributed by atoms with Crippen molar-refractivity contribution in [2.45, 2.75) is 52.4 Å². The Labute approximate surface area is 227 Å². The third-order valence-electron chi connectivity index (χ3n) is 5.65. The highest BCUT2D eigenvalue weighted by Gasteiger charge is 2.24. The summed E-state index contributed by atoms with van der Waals surface area (Å²) in [6.45, 7) is 8.54. The third-order valence-corrected chi connectivity index (χ3v) is 6.70. The average Bonchev–Trinajstić information content (AvgIpc) is 3.24. The van der Waals surface area contributed by atoms with Crippen LogP contribution in [0, 0.1) is 0 Å². The highest BCUT2D eigenvalue weighted by atomic mass is 35.5. The van der Waals surface area contributed by atoms with Gasteiger partial charge in [0.1, 0.15) is 12.4 Å². The highest BCUT2D eigenvalue weighted by molar-refractivity contribution is 6.42. The Kier molecular flexibility index (Phi) is 9.45. The lowest BCUT2D eigenvalue weighted by Crippen LogP contribution is -2.39. The minimum Gasteiger partial charge on any atom is -0.329 e. The Bertz CT molecular complexity index is 1230. The number of amides is 2. The fourth-order valence-electron chi connectivity index (χ4n) is 3.62. The summed E-state index contributed by atoms with van der Waals surface area (Å²) in [5.41, 5.74) is 1.58. The molecule has 0 atom stereocenters. The van der Waals surface area contributed by atoms with Gasteiger partial charge in [-0.15, -0.1) is 0 Å². The monoisotopic (exact) mass is 548 g/mol. The first-order valence-corrected chi connectivity index (χ1v) is 13.0. The van der Waals surface area contributed by atoms with Gasteiger partial charge in [-0.25, -0.2) is 4.68 Å². The van der Waals surface area contributed by atoms with Crippen LogP contribution in [0.2, 0.25) is 15.1 Å². The lowest BCUT2D eigenvalue weighted by atomic mass is 9.92. The number of hydrogen-bond donors (Lipinski definition) is 1. The first-order valence-electron chi connectivity index (χ1n) is 11.9. The number of rotatable bonds is 9. The standard InChI is InChI=1S/C27H31Cl3N4O2/c1-5-6-9-14-33(26(36)18-12-13-19(28)21(30)15-18)17-25(35)31-24-16-23(27(2,3)4)32-34(24)22-11-8-7-10-20(22)29/h7-8,10-13,15-16H,5-6,9,14,17H2,1-4H3,(H,31,35). The highest BCUT2D eigenvalue weighted by Crippen LogP contribution is 2.29. The van der Waals surface area contributed by atoms with Gasteiger partial charge >= 0.3 is 0 Å². The molecule has 1 heterocycles. The molecular weight excluding hydrogens is 519 g/mol. The molecule has 9 heteroatoms. The number of hydrogen-bond acceptors (Lipinski definition) is 3. The Morgan fingerprint density at radius 2 is 1.69 bits per heavy atom. The minimum absolute atomic E-state index is 0.124. The van der Waals surface area contributed by atoms with Gasteiger partial charge in [-0.05, 0) is 36.8 Å². The van der Waals surface area contributed by atoms with E-state index in [-0.39, 0.29) is 23.8 Å². The van der Waals surface area contributed by atoms with Crippen molar-refractivity contribution in [1.82, 2.24) is 14.7 Å². The van der Waals surface area contributed by atoms with Crippen molar-refractivity contribution in [3.05, 3.63) is 74.9 Å². The summed E-state index contributed by atoms with van der Waals surface area (Å²) in [6.07, 6.45) is 2.72. The predicted molar refractivity (Wildman–Crippen MR) is 148 cm³/mol. The van der Waals surface area contributed by atoms with Crippen LogP contribution in [-0.4, -0.2) is 39.6 Å². The number of unbranched alkanes of at least 4 members (excludes halogenated alkanes) is 2. The fraction of sp³-hybridized carbons (Fsp3) is 0.370. The number of para-hydroxylation sites is 1. The third kappa shape index (κ3) is 7.02. The number of carbonyl (C=O) groups is 2. The molecule has 0 fully saturated rings. The summed E-state index contributed by atoms with van der Waals surface area (Å²) in [4.78, 5) is 28.0. The molecule has 36 heavy (non-hydrogen) atoms. The maximum absolute atomic E-state index is 13.3. The summed E-state index contributed by atoms with van der Waals surface area (Å²) in [6, 6.07) is 13.9. The van der Waals surface area contributed by atoms with E-state index in [0.717, 1.165) is 25.0 Å². The first kappa shape index (κ1) is 28.0. The number of halogens is 3. The van der Waals surface area contributed by atoms with Crippen LogP contribution in [0.5, 0.6) is 0 Å². The van der Waals surface area contributed by atoms with E-state index >= 15 is 0 Å². The Morgan fingerprint density at radius 1 is 0.972 bits per heavy atom. The number of nitrogens with zero attached hydrogens (tertiary/aromatic N) is 3. The zero-order chi connectivity index (χ0) is 26.5. The maximum atomic E-state index is 13.3. The molecule has 0 aliphatic carbocycles. The molecule has 0 spiro atoms. The molecule has 2 amide bonds. The molecule has 0 saturated heterocycles. The molecule has 3 rings (SSSR count). The Morgan fingerprint density at radius 3 is 2.33 bits per heavy atom. The van der Waals surface area contributed by atoms with Crippen LogP contribution in [0.4, 0.5) is 5.82 Å². The van der Waals surface area contributed by atoms with Gasteiger partial charge in [0.25, 0.3) is 5.91 Å². The molecule has 2 aromatic carbocycles. The van der Waals surface area contributed by atoms with Crippen molar-refractivity contribution < 1.29 is 9.59 Å². The van der Waals surface area contributed by atoms with Gasteiger partial charge < -0.3 is 10.2 Å². The summed E-state index contributed by atoms with van der Waals surface area (Å²) in [5, 5.41) is 8.82. The molecule has 0 saturated carbocycles. The van der Waals surface area contributed by atoms with Gasteiger partial charge in [-0.3, -0.25) is 9.59 Å². The van der Waals surface area contributed by atoms with Crippen LogP contribution in [0.3, 0.4) is 0 Å². The quantitative estimate of drug-likeness (QED) is 0.283. The molecule has 0 unspecified atom stereocenters. The first-order chi connectivity index (χ1) is 17.0. The van der Waals surface area contributed by atoms with Gasteiger partial charge in [0.05, 0.1) is 26.4 Å². The second kappa shape index (κ2) is 12.1. The van der Waals surface area contributed by atoms with Crippen molar-refractivity contribution in [3.63, 3.8) is 0 Å². The second-order valence-corrected chi connectivity index (χ2v) is 10.9. The zero-order valence-electron chi connectivity index (χ0n) is 20.9. The topological polar surface area (TPSA) is 67.2 Å². The number of nitrogens with one attached hydrogen (secondary N) is 1. The molecule has 0 aliphatic heterocycles. The molecule has 1 aromatic heterocycles. The lowest BCUT2D eigenvalue weighted by Gasteiger charge is -2.22. The molecule has 192 valence electrons. The molecule has 1 N–H and O–H groups in total. The summed E-state index contributed by atoms with van der Waals surface area (Å²) < 4.78 is 1.63. The van der Waals surface area contributed by atoms with Crippen molar-refractivity contribution in [2.75, 3.05) is 18.4 Å². The summed E-state index contributed by atoms with van der Waals surface area (Å²) in [7, 11) is 0. The lowest BCUT2D eigenvalue weighted by molar-refractivity contribution is -0.117. The SMILES string of the molecule is CCCCCN(CC(=O)Nc1cc(C(C)(C)C)nn1-c1ccccc1Cl)C(=O)c1ccc(Cl)c(Cl)c1. The van der Waals surface area contributed by atoms with E-state index in [9.17, 15) is 9.59 Å². The van der Waals surface area contributed by atoms with Gasteiger partial charge in [0.2, 0.25) is 5.91 Å². The van der Waals surface area contributed by atoms with Crippen molar-refractivity contribution in [3.8, 4) is 5.69 Å². The van der Waals surface area contributed by atoms with Crippen LogP contribution in [0.15, 0.2) is 48.5 Å². The largest absolute Gasteiger partial charge is 0.329 e. The van der Waals surface area contributed by atoms with E-state index in [0.29, 0.717) is 38.7 Å². The zero-order valence-corrected chi connectivity index (χ0v) is 23.2. The Hall–Kier alpha value is -2.54. The normalized spacial score (nSPS) is 11.4. The molecular formula is C27H31Cl3N4O2. The minimum atomic E-state index is -0.339. The van der Waals surface area contributed by atoms with Crippen LogP contribution in [0.25, 0.3) is 5.69 Å². The van der Waals surface area contributed by atoms with Gasteiger partial charge in [-0.2, -0.15) is 5.10 Å². The van der Waals surface area contributed by atoms with Crippen molar-refractivity contribution in [2.24, 2.45) is 0 Å². The van der Waals surface area contributed by atoms with E-state index in [1.165, 1.54) is 11.0 Å². The van der Waals surface area contributed by atoms with Crippen LogP contribution >= 0.6 is 34.8 Å². The number of anilines is 1. The predicted octanol–water partition coefficient (Wildman–Crippen LogP) is 7.40. The van der Waals surface area contributed by atoms with Crippen molar-refractivity contribution in [1.29, 1.82) is 0 Å². The van der Waals surface area contributed by atoms with Crippen LogP contribution in [-0.2, 0) is 10.2 Å². The van der Waals surface area contributed by atoms with E-state index < -0.39 is 0 Å². The fourth-order valence-corrected chi connectivity index (χ4v) is 4.13. The van der Waals surface area contributed by atoms with E-state index in [4.69, 9.17) is 39.9 Å². The van der Waals surface area contributed by atoms with E-state index in [2.05, 4.69) is 12.2 Å². The summed E-state index contributed by atoms with van der Waals surface area (Å²) in [5.74, 6) is -0.142.